The van der Waals surface area contributed by atoms with Gasteiger partial charge < -0.3 is 0 Å². The summed E-state index contributed by atoms with van der Waals surface area (Å²) in [6.45, 7) is 10.6. The molecule has 0 aliphatic heterocycles. The molecule has 24 heavy (non-hydrogen) atoms. The highest BCUT2D eigenvalue weighted by Crippen LogP contribution is 2.23. The van der Waals surface area contributed by atoms with Crippen molar-refractivity contribution in [2.45, 2.75) is 59.8 Å². The summed E-state index contributed by atoms with van der Waals surface area (Å²) in [5.41, 5.74) is 8.52. The monoisotopic (exact) mass is 324 g/mol. The molecule has 0 saturated carbocycles. The molecular weight excluding hydrogens is 296 g/mol. The van der Waals surface area contributed by atoms with E-state index in [0.717, 1.165) is 36.4 Å². The van der Waals surface area contributed by atoms with Crippen molar-refractivity contribution in [3.63, 3.8) is 0 Å². The number of hydrogen-bond acceptors (Lipinski definition) is 4. The van der Waals surface area contributed by atoms with Crippen LogP contribution in [0.25, 0.3) is 0 Å². The van der Waals surface area contributed by atoms with E-state index in [-0.39, 0.29) is 0 Å². The molecule has 0 aliphatic rings. The van der Waals surface area contributed by atoms with E-state index in [0.29, 0.717) is 11.9 Å². The van der Waals surface area contributed by atoms with E-state index < -0.39 is 0 Å². The molecule has 0 spiro atoms. The van der Waals surface area contributed by atoms with Gasteiger partial charge in [0.1, 0.15) is 0 Å². The largest absolute Gasteiger partial charge is 0.245 e. The predicted octanol–water partition coefficient (Wildman–Crippen LogP) is 5.09. The number of aromatic nitrogens is 2. The molecule has 2 rings (SSSR count). The number of anilines is 1. The van der Waals surface area contributed by atoms with Crippen LogP contribution in [0.4, 0.5) is 5.95 Å². The highest BCUT2D eigenvalue weighted by molar-refractivity contribution is 6.00. The summed E-state index contributed by atoms with van der Waals surface area (Å²) < 4.78 is 0. The Balaban J connectivity index is 2.24. The van der Waals surface area contributed by atoms with Crippen molar-refractivity contribution in [1.82, 2.24) is 9.97 Å². The Bertz CT molecular complexity index is 707. The van der Waals surface area contributed by atoms with Crippen LogP contribution in [0.15, 0.2) is 35.4 Å². The van der Waals surface area contributed by atoms with Crippen molar-refractivity contribution in [1.29, 1.82) is 0 Å². The first-order valence-corrected chi connectivity index (χ1v) is 8.79. The standard InChI is InChI=1S/C20H28N4/c1-6-10-17-13-15(4)21-20(22-17)24-23-16(5)19-12-9-8-11-18(19)14(3)7-2/h8-9,11-14H,6-7,10H2,1-5H3,(H,21,22,24). The SMILES string of the molecule is CCCc1cc(C)nc(NN=C(C)c2ccccc2C(C)CC)n1. The van der Waals surface area contributed by atoms with Gasteiger partial charge >= 0.3 is 0 Å². The van der Waals surface area contributed by atoms with Gasteiger partial charge in [-0.2, -0.15) is 5.10 Å². The Kier molecular flexibility index (Phi) is 6.47. The fraction of sp³-hybridized carbons (Fsp3) is 0.450. The fourth-order valence-corrected chi connectivity index (χ4v) is 2.74. The third kappa shape index (κ3) is 4.63. The zero-order chi connectivity index (χ0) is 17.5. The van der Waals surface area contributed by atoms with Crippen molar-refractivity contribution in [3.05, 3.63) is 52.8 Å². The molecule has 4 heteroatoms. The first kappa shape index (κ1) is 18.1. The molecular formula is C20H28N4. The van der Waals surface area contributed by atoms with Crippen LogP contribution in [0, 0.1) is 6.92 Å². The zero-order valence-corrected chi connectivity index (χ0v) is 15.4. The topological polar surface area (TPSA) is 50.2 Å². The number of hydrogen-bond donors (Lipinski definition) is 1. The molecule has 4 nitrogen and oxygen atoms in total. The van der Waals surface area contributed by atoms with Gasteiger partial charge in [-0.25, -0.2) is 15.4 Å². The van der Waals surface area contributed by atoms with Crippen molar-refractivity contribution >= 4 is 11.7 Å². The number of aryl methyl sites for hydroxylation is 2. The van der Waals surface area contributed by atoms with Crippen LogP contribution in [0.5, 0.6) is 0 Å². The Morgan fingerprint density at radius 3 is 2.67 bits per heavy atom. The lowest BCUT2D eigenvalue weighted by atomic mass is 9.92. The van der Waals surface area contributed by atoms with E-state index in [1.807, 2.05) is 19.9 Å². The van der Waals surface area contributed by atoms with E-state index in [2.05, 4.69) is 65.5 Å². The molecule has 1 unspecified atom stereocenters. The molecule has 128 valence electrons. The van der Waals surface area contributed by atoms with Crippen LogP contribution < -0.4 is 5.43 Å². The van der Waals surface area contributed by atoms with E-state index >= 15 is 0 Å². The van der Waals surface area contributed by atoms with Crippen LogP contribution >= 0.6 is 0 Å². The summed E-state index contributed by atoms with van der Waals surface area (Å²) in [5, 5.41) is 4.53. The molecule has 0 bridgehead atoms. The minimum Gasteiger partial charge on any atom is -0.245 e. The van der Waals surface area contributed by atoms with Crippen molar-refractivity contribution in [3.8, 4) is 0 Å². The molecule has 1 atom stereocenters. The molecule has 0 saturated heterocycles. The van der Waals surface area contributed by atoms with Gasteiger partial charge in [-0.05, 0) is 44.2 Å². The number of benzene rings is 1. The smallest absolute Gasteiger partial charge is 0.243 e. The Hall–Kier alpha value is -2.23. The highest BCUT2D eigenvalue weighted by atomic mass is 15.4. The second kappa shape index (κ2) is 8.57. The van der Waals surface area contributed by atoms with Crippen LogP contribution in [0.3, 0.4) is 0 Å². The van der Waals surface area contributed by atoms with Crippen LogP contribution in [-0.2, 0) is 6.42 Å². The molecule has 1 aromatic carbocycles. The first-order chi connectivity index (χ1) is 11.5. The van der Waals surface area contributed by atoms with Crippen LogP contribution in [0.1, 0.15) is 69.0 Å². The van der Waals surface area contributed by atoms with Gasteiger partial charge in [0, 0.05) is 17.0 Å². The maximum Gasteiger partial charge on any atom is 0.243 e. The van der Waals surface area contributed by atoms with E-state index in [9.17, 15) is 0 Å². The zero-order valence-electron chi connectivity index (χ0n) is 15.4. The number of hydrazone groups is 1. The molecule has 1 heterocycles. The maximum atomic E-state index is 4.53. The average molecular weight is 324 g/mol. The number of nitrogens with one attached hydrogen (secondary N) is 1. The molecule has 0 fully saturated rings. The van der Waals surface area contributed by atoms with E-state index in [4.69, 9.17) is 0 Å². The molecule has 0 aliphatic carbocycles. The predicted molar refractivity (Wildman–Crippen MR) is 102 cm³/mol. The average Bonchev–Trinajstić information content (AvgIpc) is 2.59. The van der Waals surface area contributed by atoms with Gasteiger partial charge in [-0.3, -0.25) is 0 Å². The van der Waals surface area contributed by atoms with Gasteiger partial charge in [0.2, 0.25) is 5.95 Å². The number of nitrogens with zero attached hydrogens (tertiary/aromatic N) is 3. The minimum absolute atomic E-state index is 0.512. The van der Waals surface area contributed by atoms with Gasteiger partial charge in [-0.15, -0.1) is 0 Å². The highest BCUT2D eigenvalue weighted by Gasteiger charge is 2.10. The maximum absolute atomic E-state index is 4.53. The van der Waals surface area contributed by atoms with Gasteiger partial charge in [-0.1, -0.05) is 51.5 Å². The summed E-state index contributed by atoms with van der Waals surface area (Å²) in [4.78, 5) is 8.96. The van der Waals surface area contributed by atoms with Crippen molar-refractivity contribution in [2.24, 2.45) is 5.10 Å². The molecule has 2 aromatic rings. The summed E-state index contributed by atoms with van der Waals surface area (Å²) in [7, 11) is 0. The molecule has 1 aromatic heterocycles. The lowest BCUT2D eigenvalue weighted by molar-refractivity contribution is 0.732. The lowest BCUT2D eigenvalue weighted by Crippen LogP contribution is -2.08. The summed E-state index contributed by atoms with van der Waals surface area (Å²) in [6, 6.07) is 10.5. The summed E-state index contributed by atoms with van der Waals surface area (Å²) in [5.74, 6) is 1.08. The molecule has 0 radical (unpaired) electrons. The van der Waals surface area contributed by atoms with Crippen LogP contribution in [0.2, 0.25) is 0 Å². The second-order valence-corrected chi connectivity index (χ2v) is 6.28. The fourth-order valence-electron chi connectivity index (χ4n) is 2.74. The Morgan fingerprint density at radius 1 is 1.21 bits per heavy atom. The lowest BCUT2D eigenvalue weighted by Gasteiger charge is -2.14. The van der Waals surface area contributed by atoms with Crippen LogP contribution in [-0.4, -0.2) is 15.7 Å². The van der Waals surface area contributed by atoms with E-state index in [1.165, 1.54) is 11.1 Å². The molecule has 0 amide bonds. The van der Waals surface area contributed by atoms with Gasteiger partial charge in [0.05, 0.1) is 5.71 Å². The Morgan fingerprint density at radius 2 is 1.96 bits per heavy atom. The minimum atomic E-state index is 0.512. The summed E-state index contributed by atoms with van der Waals surface area (Å²) in [6.07, 6.45) is 3.14. The summed E-state index contributed by atoms with van der Waals surface area (Å²) >= 11 is 0. The second-order valence-electron chi connectivity index (χ2n) is 6.28. The first-order valence-electron chi connectivity index (χ1n) is 8.79. The van der Waals surface area contributed by atoms with Crippen molar-refractivity contribution in [2.75, 3.05) is 5.43 Å². The van der Waals surface area contributed by atoms with Gasteiger partial charge in [0.15, 0.2) is 0 Å². The third-order valence-electron chi connectivity index (χ3n) is 4.23. The van der Waals surface area contributed by atoms with Crippen molar-refractivity contribution < 1.29 is 0 Å². The Labute approximate surface area is 145 Å². The number of rotatable bonds is 7. The quantitative estimate of drug-likeness (QED) is 0.570. The molecule has 1 N–H and O–H groups in total. The van der Waals surface area contributed by atoms with Gasteiger partial charge in [0.25, 0.3) is 0 Å². The normalized spacial score (nSPS) is 13.0. The third-order valence-corrected chi connectivity index (χ3v) is 4.23. The van der Waals surface area contributed by atoms with E-state index in [1.54, 1.807) is 0 Å².